The van der Waals surface area contributed by atoms with E-state index in [-0.39, 0.29) is 38.4 Å². The van der Waals surface area contributed by atoms with Crippen LogP contribution in [0.25, 0.3) is 0 Å². The zero-order chi connectivity index (χ0) is 36.9. The Balaban J connectivity index is 1.25. The summed E-state index contributed by atoms with van der Waals surface area (Å²) in [6, 6.07) is 4.20. The van der Waals surface area contributed by atoms with Crippen molar-refractivity contribution >= 4 is 51.4 Å². The van der Waals surface area contributed by atoms with Gasteiger partial charge in [0.1, 0.15) is 29.2 Å². The van der Waals surface area contributed by atoms with Crippen LogP contribution in [0.5, 0.6) is 0 Å². The van der Waals surface area contributed by atoms with Crippen LogP contribution in [0, 0.1) is 17.8 Å². The van der Waals surface area contributed by atoms with E-state index in [9.17, 15) is 32.4 Å². The Hall–Kier alpha value is -3.65. The summed E-state index contributed by atoms with van der Waals surface area (Å²) in [5, 5.41) is 2.63. The van der Waals surface area contributed by atoms with Crippen molar-refractivity contribution in [1.82, 2.24) is 19.8 Å². The normalized spacial score (nSPS) is 26.9. The second-order valence-electron chi connectivity index (χ2n) is 15.6. The molecule has 278 valence electrons. The first-order valence-electron chi connectivity index (χ1n) is 17.8. The molecule has 0 bridgehead atoms. The number of hydrogen-bond acceptors (Lipinski definition) is 9. The predicted molar refractivity (Wildman–Crippen MR) is 186 cm³/mol. The number of amides is 4. The summed E-state index contributed by atoms with van der Waals surface area (Å²) < 4.78 is 39.1. The molecule has 1 aromatic rings. The van der Waals surface area contributed by atoms with Crippen molar-refractivity contribution in [3.8, 4) is 0 Å². The number of fused-ring (bicyclic) bond motifs is 1. The molecule has 6 rings (SSSR count). The number of likely N-dealkylation sites (tertiary alicyclic amines) is 1. The van der Waals surface area contributed by atoms with Gasteiger partial charge in [-0.3, -0.25) is 28.8 Å². The lowest BCUT2D eigenvalue weighted by atomic mass is 9.79. The fraction of sp³-hybridized carbons (Fsp3) is 0.639. The third-order valence-corrected chi connectivity index (χ3v) is 12.8. The molecule has 3 aliphatic carbocycles. The van der Waals surface area contributed by atoms with Crippen molar-refractivity contribution < 1.29 is 41.9 Å². The number of carbonyl (C=O) groups is 5. The van der Waals surface area contributed by atoms with E-state index in [0.29, 0.717) is 30.7 Å². The molecule has 13 nitrogen and oxygen atoms in total. The standard InChI is InChI=1S/C36H47ClN4O9S/c1-5-23-17-36(23,33(45)39-51(47,48)25-14-15-25)38-30(42)28-16-24(49-34(46)40-18-22-12-9-13-27(37)26(22)20-40)19-41(28)31(43)29(21-10-7-6-8-11-21)32(44)50-35(2,3)4/h5,9,12-13,21,23-25,28-29H,1,6-8,10-11,14-20H2,2-4H3,(H,38,42)(H,39,45)/t23-,24-,28+,29?,36-/m1/s1. The van der Waals surface area contributed by atoms with Crippen LogP contribution in [-0.2, 0) is 51.8 Å². The van der Waals surface area contributed by atoms with Gasteiger partial charge in [0.25, 0.3) is 5.91 Å². The first-order valence-corrected chi connectivity index (χ1v) is 19.7. The molecule has 5 atom stereocenters. The maximum absolute atomic E-state index is 14.6. The highest BCUT2D eigenvalue weighted by Crippen LogP contribution is 2.46. The van der Waals surface area contributed by atoms with Gasteiger partial charge in [-0.15, -0.1) is 6.58 Å². The summed E-state index contributed by atoms with van der Waals surface area (Å²) in [4.78, 5) is 72.1. The average Bonchev–Trinajstić information content (AvgIpc) is 3.95. The van der Waals surface area contributed by atoms with E-state index in [1.165, 1.54) is 15.9 Å². The molecule has 2 aliphatic heterocycles. The van der Waals surface area contributed by atoms with Crippen molar-refractivity contribution in [2.45, 2.75) is 120 Å². The Bertz CT molecular complexity index is 1720. The van der Waals surface area contributed by atoms with Crippen LogP contribution in [0.1, 0.15) is 89.7 Å². The van der Waals surface area contributed by atoms with E-state index in [1.807, 2.05) is 6.07 Å². The van der Waals surface area contributed by atoms with E-state index < -0.39 is 80.2 Å². The third kappa shape index (κ3) is 7.91. The molecular weight excluding hydrogens is 700 g/mol. The molecule has 5 aliphatic rings. The molecule has 3 saturated carbocycles. The monoisotopic (exact) mass is 746 g/mol. The smallest absolute Gasteiger partial charge is 0.410 e. The van der Waals surface area contributed by atoms with Crippen LogP contribution >= 0.6 is 11.6 Å². The van der Waals surface area contributed by atoms with Gasteiger partial charge in [-0.25, -0.2) is 13.2 Å². The van der Waals surface area contributed by atoms with Crippen molar-refractivity contribution in [2.24, 2.45) is 17.8 Å². The highest BCUT2D eigenvalue weighted by molar-refractivity contribution is 7.91. The van der Waals surface area contributed by atoms with E-state index >= 15 is 0 Å². The van der Waals surface area contributed by atoms with E-state index in [1.54, 1.807) is 32.9 Å². The van der Waals surface area contributed by atoms with Gasteiger partial charge in [0.15, 0.2) is 0 Å². The number of nitrogens with zero attached hydrogens (tertiary/aromatic N) is 2. The quantitative estimate of drug-likeness (QED) is 0.205. The first kappa shape index (κ1) is 37.1. The number of sulfonamides is 1. The number of ether oxygens (including phenoxy) is 2. The molecule has 4 fully saturated rings. The first-order chi connectivity index (χ1) is 24.0. The number of benzene rings is 1. The molecule has 1 aromatic carbocycles. The topological polar surface area (TPSA) is 168 Å². The minimum atomic E-state index is -3.91. The summed E-state index contributed by atoms with van der Waals surface area (Å²) in [7, 11) is -3.91. The fourth-order valence-corrected chi connectivity index (χ4v) is 9.25. The highest BCUT2D eigenvalue weighted by atomic mass is 35.5. The lowest BCUT2D eigenvalue weighted by molar-refractivity contribution is -0.169. The largest absolute Gasteiger partial charge is 0.459 e. The van der Waals surface area contributed by atoms with Crippen LogP contribution in [0.15, 0.2) is 30.9 Å². The molecule has 2 heterocycles. The molecule has 1 saturated heterocycles. The SMILES string of the molecule is C=C[C@@H]1C[C@]1(NC(=O)[C@@H]1C[C@@H](OC(=O)N2Cc3cccc(Cl)c3C2)CN1C(=O)C(C(=O)OC(C)(C)C)C1CCCCC1)C(=O)NS(=O)(=O)C1CC1. The zero-order valence-corrected chi connectivity index (χ0v) is 30.9. The summed E-state index contributed by atoms with van der Waals surface area (Å²) in [5.74, 6) is -4.92. The van der Waals surface area contributed by atoms with Crippen LogP contribution in [0.2, 0.25) is 5.02 Å². The molecule has 1 unspecified atom stereocenters. The molecule has 2 N–H and O–H groups in total. The molecule has 0 radical (unpaired) electrons. The van der Waals surface area contributed by atoms with Gasteiger partial charge in [0.05, 0.1) is 18.3 Å². The number of halogens is 1. The average molecular weight is 747 g/mol. The minimum Gasteiger partial charge on any atom is -0.459 e. The predicted octanol–water partition coefficient (Wildman–Crippen LogP) is 3.97. The number of carbonyl (C=O) groups excluding carboxylic acids is 5. The Kier molecular flexibility index (Phi) is 10.2. The molecule has 4 amide bonds. The summed E-state index contributed by atoms with van der Waals surface area (Å²) in [6.45, 7) is 9.26. The van der Waals surface area contributed by atoms with Gasteiger partial charge in [-0.2, -0.15) is 0 Å². The number of hydrogen-bond donors (Lipinski definition) is 2. The Morgan fingerprint density at radius 3 is 2.37 bits per heavy atom. The highest BCUT2D eigenvalue weighted by Gasteiger charge is 2.62. The number of nitrogens with one attached hydrogen (secondary N) is 2. The van der Waals surface area contributed by atoms with Crippen LogP contribution < -0.4 is 10.0 Å². The van der Waals surface area contributed by atoms with Crippen LogP contribution in [0.3, 0.4) is 0 Å². The fourth-order valence-electron chi connectivity index (χ4n) is 7.63. The molecule has 51 heavy (non-hydrogen) atoms. The third-order valence-electron chi connectivity index (χ3n) is 10.6. The van der Waals surface area contributed by atoms with Crippen molar-refractivity contribution in [3.05, 3.63) is 47.0 Å². The van der Waals surface area contributed by atoms with Crippen molar-refractivity contribution in [1.29, 1.82) is 0 Å². The summed E-state index contributed by atoms with van der Waals surface area (Å²) in [5.41, 5.74) is -0.746. The van der Waals surface area contributed by atoms with Gasteiger partial charge in [0, 0.05) is 23.9 Å². The maximum Gasteiger partial charge on any atom is 0.410 e. The molecule has 0 spiro atoms. The van der Waals surface area contributed by atoms with E-state index in [4.69, 9.17) is 21.1 Å². The van der Waals surface area contributed by atoms with Crippen molar-refractivity contribution in [3.63, 3.8) is 0 Å². The van der Waals surface area contributed by atoms with E-state index in [2.05, 4.69) is 16.6 Å². The van der Waals surface area contributed by atoms with Gasteiger partial charge >= 0.3 is 12.1 Å². The lowest BCUT2D eigenvalue weighted by Gasteiger charge is -2.34. The number of esters is 1. The minimum absolute atomic E-state index is 0.104. The Morgan fingerprint density at radius 2 is 1.76 bits per heavy atom. The van der Waals surface area contributed by atoms with Crippen LogP contribution in [-0.4, -0.2) is 83.1 Å². The zero-order valence-electron chi connectivity index (χ0n) is 29.3. The summed E-state index contributed by atoms with van der Waals surface area (Å²) >= 11 is 6.36. The maximum atomic E-state index is 14.6. The Labute approximate surface area is 303 Å². The molecule has 15 heteroatoms. The van der Waals surface area contributed by atoms with Gasteiger partial charge < -0.3 is 19.7 Å². The second-order valence-corrected chi connectivity index (χ2v) is 17.9. The van der Waals surface area contributed by atoms with Crippen LogP contribution in [0.4, 0.5) is 4.79 Å². The lowest BCUT2D eigenvalue weighted by Crippen LogP contribution is -2.57. The van der Waals surface area contributed by atoms with Gasteiger partial charge in [-0.05, 0) is 76.0 Å². The number of rotatable bonds is 10. The Morgan fingerprint density at radius 1 is 1.06 bits per heavy atom. The second kappa shape index (κ2) is 14.1. The summed E-state index contributed by atoms with van der Waals surface area (Å²) in [6.07, 6.45) is 4.76. The van der Waals surface area contributed by atoms with E-state index in [0.717, 1.165) is 30.4 Å². The molecule has 0 aromatic heterocycles. The van der Waals surface area contributed by atoms with Crippen molar-refractivity contribution in [2.75, 3.05) is 6.54 Å². The van der Waals surface area contributed by atoms with Gasteiger partial charge in [-0.1, -0.05) is 49.1 Å². The molecular formula is C36H47ClN4O9S. The van der Waals surface area contributed by atoms with Gasteiger partial charge in [0.2, 0.25) is 21.8 Å².